The zero-order valence-corrected chi connectivity index (χ0v) is 18.1. The maximum absolute atomic E-state index is 14.7. The Labute approximate surface area is 186 Å². The summed E-state index contributed by atoms with van der Waals surface area (Å²) in [5.41, 5.74) is 1.27. The molecule has 0 spiro atoms. The summed E-state index contributed by atoms with van der Waals surface area (Å²) in [6.07, 6.45) is 1.37. The van der Waals surface area contributed by atoms with E-state index in [4.69, 9.17) is 17.0 Å². The van der Waals surface area contributed by atoms with E-state index in [1.807, 2.05) is 11.0 Å². The minimum absolute atomic E-state index is 0.00547. The molecule has 0 saturated carbocycles. The second-order valence-corrected chi connectivity index (χ2v) is 8.05. The molecule has 2 heterocycles. The standard InChI is InChI=1S/C21H17BrFN3O3S/c22-14-2-1-3-15(12-14)26-20(28)16(19(27)24-21(26)30)10-13-4-5-18(17(23)11-13)25-6-8-29-9-7-25/h1-5,10-12H,6-9H2,(H,24,27,30)/b16-10+. The van der Waals surface area contributed by atoms with Crippen LogP contribution in [-0.2, 0) is 14.3 Å². The molecule has 2 amide bonds. The zero-order chi connectivity index (χ0) is 21.3. The molecule has 2 aliphatic heterocycles. The molecular formula is C21H17BrFN3O3S. The minimum Gasteiger partial charge on any atom is -0.378 e. The number of halogens is 2. The summed E-state index contributed by atoms with van der Waals surface area (Å²) in [7, 11) is 0. The summed E-state index contributed by atoms with van der Waals surface area (Å²) in [6.45, 7) is 2.31. The van der Waals surface area contributed by atoms with Gasteiger partial charge in [-0.05, 0) is 54.2 Å². The summed E-state index contributed by atoms with van der Waals surface area (Å²) >= 11 is 8.55. The van der Waals surface area contributed by atoms with Crippen molar-refractivity contribution in [2.24, 2.45) is 0 Å². The van der Waals surface area contributed by atoms with Crippen LogP contribution < -0.4 is 15.1 Å². The molecule has 6 nitrogen and oxygen atoms in total. The summed E-state index contributed by atoms with van der Waals surface area (Å²) in [5, 5.41) is 2.52. The van der Waals surface area contributed by atoms with E-state index in [1.54, 1.807) is 30.3 Å². The van der Waals surface area contributed by atoms with Crippen molar-refractivity contribution >= 4 is 62.5 Å². The van der Waals surface area contributed by atoms with Crippen LogP contribution in [0.15, 0.2) is 52.5 Å². The van der Waals surface area contributed by atoms with E-state index >= 15 is 0 Å². The topological polar surface area (TPSA) is 61.9 Å². The highest BCUT2D eigenvalue weighted by Crippen LogP contribution is 2.26. The Hall–Kier alpha value is -2.62. The molecule has 2 fully saturated rings. The molecule has 30 heavy (non-hydrogen) atoms. The third-order valence-corrected chi connectivity index (χ3v) is 5.58. The van der Waals surface area contributed by atoms with Crippen LogP contribution in [0.2, 0.25) is 0 Å². The molecule has 0 unspecified atom stereocenters. The van der Waals surface area contributed by atoms with Gasteiger partial charge in [-0.2, -0.15) is 0 Å². The molecule has 4 rings (SSSR count). The number of rotatable bonds is 3. The number of hydrogen-bond donors (Lipinski definition) is 1. The molecule has 2 aromatic rings. The number of amides is 2. The van der Waals surface area contributed by atoms with Gasteiger partial charge in [-0.3, -0.25) is 19.8 Å². The highest BCUT2D eigenvalue weighted by atomic mass is 79.9. The number of thiocarbonyl (C=S) groups is 1. The van der Waals surface area contributed by atoms with Crippen molar-refractivity contribution in [2.75, 3.05) is 36.1 Å². The molecule has 2 aliphatic rings. The second-order valence-electron chi connectivity index (χ2n) is 6.75. The second kappa shape index (κ2) is 8.63. The van der Waals surface area contributed by atoms with Crippen molar-refractivity contribution in [1.82, 2.24) is 5.32 Å². The average molecular weight is 490 g/mol. The van der Waals surface area contributed by atoms with Gasteiger partial charge in [-0.25, -0.2) is 4.39 Å². The quantitative estimate of drug-likeness (QED) is 0.407. The van der Waals surface area contributed by atoms with E-state index < -0.39 is 17.6 Å². The summed E-state index contributed by atoms with van der Waals surface area (Å²) < 4.78 is 20.8. The number of carbonyl (C=O) groups is 2. The monoisotopic (exact) mass is 489 g/mol. The lowest BCUT2D eigenvalue weighted by Gasteiger charge is -2.29. The van der Waals surface area contributed by atoms with Crippen LogP contribution in [0.1, 0.15) is 5.56 Å². The van der Waals surface area contributed by atoms with E-state index in [0.29, 0.717) is 43.2 Å². The van der Waals surface area contributed by atoms with Gasteiger partial charge in [0.15, 0.2) is 5.11 Å². The molecule has 2 saturated heterocycles. The fourth-order valence-electron chi connectivity index (χ4n) is 3.35. The maximum Gasteiger partial charge on any atom is 0.270 e. The highest BCUT2D eigenvalue weighted by Gasteiger charge is 2.34. The molecule has 0 radical (unpaired) electrons. The maximum atomic E-state index is 14.7. The Morgan fingerprint density at radius 3 is 2.60 bits per heavy atom. The van der Waals surface area contributed by atoms with Crippen LogP contribution in [0.25, 0.3) is 6.08 Å². The van der Waals surface area contributed by atoms with Gasteiger partial charge in [0.1, 0.15) is 11.4 Å². The van der Waals surface area contributed by atoms with Gasteiger partial charge in [0.2, 0.25) is 0 Å². The Morgan fingerprint density at radius 1 is 1.13 bits per heavy atom. The molecule has 0 aromatic heterocycles. The number of morpholine rings is 1. The lowest BCUT2D eigenvalue weighted by Crippen LogP contribution is -2.54. The first-order valence-corrected chi connectivity index (χ1v) is 10.4. The normalized spacial score (nSPS) is 18.7. The van der Waals surface area contributed by atoms with Gasteiger partial charge < -0.3 is 9.64 Å². The minimum atomic E-state index is -0.617. The fourth-order valence-corrected chi connectivity index (χ4v) is 4.02. The van der Waals surface area contributed by atoms with E-state index in [0.717, 1.165) is 4.47 Å². The third-order valence-electron chi connectivity index (χ3n) is 4.80. The van der Waals surface area contributed by atoms with Crippen molar-refractivity contribution in [2.45, 2.75) is 0 Å². The predicted octanol–water partition coefficient (Wildman–Crippen LogP) is 3.26. The number of anilines is 2. The van der Waals surface area contributed by atoms with Gasteiger partial charge in [0.25, 0.3) is 11.8 Å². The van der Waals surface area contributed by atoms with Gasteiger partial charge in [0.05, 0.1) is 24.6 Å². The molecule has 0 bridgehead atoms. The van der Waals surface area contributed by atoms with Crippen molar-refractivity contribution in [3.05, 3.63) is 63.9 Å². The van der Waals surface area contributed by atoms with Gasteiger partial charge in [-0.15, -0.1) is 0 Å². The molecule has 154 valence electrons. The Balaban J connectivity index is 1.65. The first-order valence-electron chi connectivity index (χ1n) is 9.23. The van der Waals surface area contributed by atoms with Crippen LogP contribution in [-0.4, -0.2) is 43.2 Å². The smallest absolute Gasteiger partial charge is 0.270 e. The van der Waals surface area contributed by atoms with Gasteiger partial charge >= 0.3 is 0 Å². The molecule has 1 N–H and O–H groups in total. The van der Waals surface area contributed by atoms with Crippen LogP contribution in [0.4, 0.5) is 15.8 Å². The van der Waals surface area contributed by atoms with Crippen LogP contribution in [0, 0.1) is 5.82 Å². The largest absolute Gasteiger partial charge is 0.378 e. The number of hydrogen-bond acceptors (Lipinski definition) is 5. The van der Waals surface area contributed by atoms with Crippen molar-refractivity contribution in [3.63, 3.8) is 0 Å². The van der Waals surface area contributed by atoms with Crippen molar-refractivity contribution < 1.29 is 18.7 Å². The van der Waals surface area contributed by atoms with Crippen LogP contribution in [0.5, 0.6) is 0 Å². The Bertz CT molecular complexity index is 1070. The lowest BCUT2D eigenvalue weighted by molar-refractivity contribution is -0.122. The van der Waals surface area contributed by atoms with Crippen molar-refractivity contribution in [1.29, 1.82) is 0 Å². The fraction of sp³-hybridized carbons (Fsp3) is 0.190. The summed E-state index contributed by atoms with van der Waals surface area (Å²) in [4.78, 5) is 28.6. The van der Waals surface area contributed by atoms with E-state index in [-0.39, 0.29) is 10.7 Å². The van der Waals surface area contributed by atoms with Crippen molar-refractivity contribution in [3.8, 4) is 0 Å². The van der Waals surface area contributed by atoms with Crippen LogP contribution >= 0.6 is 28.1 Å². The first kappa shape index (κ1) is 20.6. The third kappa shape index (κ3) is 4.14. The number of carbonyl (C=O) groups excluding carboxylic acids is 2. The molecule has 0 atom stereocenters. The Morgan fingerprint density at radius 2 is 1.90 bits per heavy atom. The first-order chi connectivity index (χ1) is 14.4. The number of ether oxygens (including phenoxy) is 1. The molecule has 2 aromatic carbocycles. The number of benzene rings is 2. The van der Waals surface area contributed by atoms with Gasteiger partial charge in [0, 0.05) is 17.6 Å². The Kier molecular flexibility index (Phi) is 5.94. The number of nitrogens with one attached hydrogen (secondary N) is 1. The summed E-state index contributed by atoms with van der Waals surface area (Å²) in [5.74, 6) is -1.61. The zero-order valence-electron chi connectivity index (χ0n) is 15.7. The number of nitrogens with zero attached hydrogens (tertiary/aromatic N) is 2. The van der Waals surface area contributed by atoms with E-state index in [1.165, 1.54) is 17.0 Å². The van der Waals surface area contributed by atoms with E-state index in [2.05, 4.69) is 21.2 Å². The van der Waals surface area contributed by atoms with Gasteiger partial charge in [-0.1, -0.05) is 28.1 Å². The average Bonchev–Trinajstić information content (AvgIpc) is 2.72. The SMILES string of the molecule is O=C1NC(=S)N(c2cccc(Br)c2)C(=O)/C1=C/c1ccc(N2CCOCC2)c(F)c1. The molecular weight excluding hydrogens is 473 g/mol. The molecule has 0 aliphatic carbocycles. The lowest BCUT2D eigenvalue weighted by atomic mass is 10.1. The predicted molar refractivity (Wildman–Crippen MR) is 120 cm³/mol. The van der Waals surface area contributed by atoms with Crippen LogP contribution in [0.3, 0.4) is 0 Å². The summed E-state index contributed by atoms with van der Waals surface area (Å²) in [6, 6.07) is 11.6. The van der Waals surface area contributed by atoms with E-state index in [9.17, 15) is 14.0 Å². The molecule has 9 heteroatoms. The highest BCUT2D eigenvalue weighted by molar-refractivity contribution is 9.10.